The molecule has 0 unspecified atom stereocenters. The van der Waals surface area contributed by atoms with Crippen molar-refractivity contribution in [3.63, 3.8) is 0 Å². The van der Waals surface area contributed by atoms with Crippen LogP contribution in [0, 0.1) is 5.92 Å². The topological polar surface area (TPSA) is 41.6 Å². The Balaban J connectivity index is 0.00000108. The molecule has 92 valence electrons. The van der Waals surface area contributed by atoms with E-state index in [4.69, 9.17) is 4.74 Å². The Labute approximate surface area is 106 Å². The molecule has 2 heterocycles. The van der Waals surface area contributed by atoms with Gasteiger partial charge in [-0.2, -0.15) is 0 Å². The Hall–Kier alpha value is -1.26. The lowest BCUT2D eigenvalue weighted by Gasteiger charge is -2.35. The maximum absolute atomic E-state index is 12.2. The van der Waals surface area contributed by atoms with Crippen molar-refractivity contribution in [2.45, 2.75) is 0 Å². The average Bonchev–Trinajstić information content (AvgIpc) is 2.26. The minimum absolute atomic E-state index is 0. The Morgan fingerprint density at radius 3 is 2.82 bits per heavy atom. The summed E-state index contributed by atoms with van der Waals surface area (Å²) in [7, 11) is 0. The van der Waals surface area contributed by atoms with Crippen molar-refractivity contribution in [1.29, 1.82) is 0 Å². The molecular weight excluding hydrogens is 240 g/mol. The van der Waals surface area contributed by atoms with E-state index >= 15 is 0 Å². The number of carbonyl (C=O) groups excluding carboxylic acids is 1. The maximum Gasteiger partial charge on any atom is 0.232 e. The van der Waals surface area contributed by atoms with Crippen LogP contribution in [0.2, 0.25) is 0 Å². The first kappa shape index (κ1) is 12.2. The third-order valence-corrected chi connectivity index (χ3v) is 3.13. The molecule has 1 saturated heterocycles. The first-order valence-electron chi connectivity index (χ1n) is 5.60. The van der Waals surface area contributed by atoms with Crippen molar-refractivity contribution < 1.29 is 9.53 Å². The largest absolute Gasteiger partial charge is 0.490 e. The molecule has 1 amide bonds. The van der Waals surface area contributed by atoms with E-state index < -0.39 is 0 Å². The smallest absolute Gasteiger partial charge is 0.232 e. The number of nitrogens with zero attached hydrogens (tertiary/aromatic N) is 1. The zero-order valence-corrected chi connectivity index (χ0v) is 10.2. The van der Waals surface area contributed by atoms with Crippen molar-refractivity contribution >= 4 is 24.0 Å². The van der Waals surface area contributed by atoms with Gasteiger partial charge in [0.15, 0.2) is 0 Å². The van der Waals surface area contributed by atoms with Crippen molar-refractivity contribution in [3.05, 3.63) is 24.3 Å². The van der Waals surface area contributed by atoms with Gasteiger partial charge in [0.2, 0.25) is 5.91 Å². The van der Waals surface area contributed by atoms with E-state index in [1.54, 1.807) is 0 Å². The number of nitrogens with one attached hydrogen (secondary N) is 1. The molecule has 1 fully saturated rings. The molecule has 0 aromatic heterocycles. The van der Waals surface area contributed by atoms with Gasteiger partial charge < -0.3 is 15.0 Å². The number of anilines is 1. The number of ether oxygens (including phenoxy) is 1. The van der Waals surface area contributed by atoms with E-state index in [2.05, 4.69) is 5.32 Å². The van der Waals surface area contributed by atoms with Crippen LogP contribution in [-0.2, 0) is 4.79 Å². The fourth-order valence-corrected chi connectivity index (χ4v) is 2.08. The van der Waals surface area contributed by atoms with E-state index in [9.17, 15) is 4.79 Å². The lowest BCUT2D eigenvalue weighted by atomic mass is 10.0. The quantitative estimate of drug-likeness (QED) is 0.815. The van der Waals surface area contributed by atoms with E-state index in [0.29, 0.717) is 13.2 Å². The lowest BCUT2D eigenvalue weighted by Crippen LogP contribution is -2.53. The SMILES string of the molecule is Cl.O=C(C1CNC1)N1CCOc2ccccc21. The third kappa shape index (κ3) is 2.10. The molecule has 3 rings (SSSR count). The number of para-hydroxylation sites is 2. The number of fused-ring (bicyclic) bond motifs is 1. The van der Waals surface area contributed by atoms with E-state index in [1.807, 2.05) is 29.2 Å². The summed E-state index contributed by atoms with van der Waals surface area (Å²) in [6.07, 6.45) is 0. The molecule has 1 aromatic rings. The highest BCUT2D eigenvalue weighted by molar-refractivity contribution is 5.97. The summed E-state index contributed by atoms with van der Waals surface area (Å²) in [5.41, 5.74) is 0.908. The van der Waals surface area contributed by atoms with Crippen LogP contribution in [-0.4, -0.2) is 32.1 Å². The van der Waals surface area contributed by atoms with E-state index in [0.717, 1.165) is 24.5 Å². The molecule has 0 aliphatic carbocycles. The zero-order valence-electron chi connectivity index (χ0n) is 9.39. The first-order valence-corrected chi connectivity index (χ1v) is 5.60. The van der Waals surface area contributed by atoms with Crippen LogP contribution in [0.4, 0.5) is 5.69 Å². The van der Waals surface area contributed by atoms with Gasteiger partial charge in [-0.3, -0.25) is 4.79 Å². The van der Waals surface area contributed by atoms with Gasteiger partial charge in [0.1, 0.15) is 12.4 Å². The summed E-state index contributed by atoms with van der Waals surface area (Å²) in [5.74, 6) is 1.18. The van der Waals surface area contributed by atoms with Crippen LogP contribution in [0.3, 0.4) is 0 Å². The van der Waals surface area contributed by atoms with E-state index in [1.165, 1.54) is 0 Å². The lowest BCUT2D eigenvalue weighted by molar-refractivity contribution is -0.124. The number of amides is 1. The second-order valence-electron chi connectivity index (χ2n) is 4.16. The van der Waals surface area contributed by atoms with Crippen LogP contribution in [0.1, 0.15) is 0 Å². The van der Waals surface area contributed by atoms with Gasteiger partial charge in [-0.25, -0.2) is 0 Å². The average molecular weight is 255 g/mol. The molecule has 1 N–H and O–H groups in total. The van der Waals surface area contributed by atoms with Crippen LogP contribution < -0.4 is 15.0 Å². The highest BCUT2D eigenvalue weighted by atomic mass is 35.5. The maximum atomic E-state index is 12.2. The number of rotatable bonds is 1. The van der Waals surface area contributed by atoms with Crippen molar-refractivity contribution in [2.75, 3.05) is 31.1 Å². The zero-order chi connectivity index (χ0) is 11.0. The van der Waals surface area contributed by atoms with Crippen molar-refractivity contribution in [2.24, 2.45) is 5.92 Å². The molecule has 0 spiro atoms. The molecule has 0 radical (unpaired) electrons. The number of hydrogen-bond acceptors (Lipinski definition) is 3. The van der Waals surface area contributed by atoms with Crippen molar-refractivity contribution in [3.8, 4) is 5.75 Å². The molecule has 5 heteroatoms. The molecule has 17 heavy (non-hydrogen) atoms. The standard InChI is InChI=1S/C12H14N2O2.ClH/c15-12(9-7-13-8-9)14-5-6-16-11-4-2-1-3-10(11)14;/h1-4,9,13H,5-8H2;1H. The van der Waals surface area contributed by atoms with Gasteiger partial charge in [-0.15, -0.1) is 12.4 Å². The van der Waals surface area contributed by atoms with Gasteiger partial charge in [0.05, 0.1) is 18.2 Å². The predicted octanol–water partition coefficient (Wildman–Crippen LogP) is 1.05. The number of carbonyl (C=O) groups is 1. The summed E-state index contributed by atoms with van der Waals surface area (Å²) in [5, 5.41) is 3.13. The Bertz CT molecular complexity index is 421. The van der Waals surface area contributed by atoms with Crippen molar-refractivity contribution in [1.82, 2.24) is 5.32 Å². The normalized spacial score (nSPS) is 18.5. The highest BCUT2D eigenvalue weighted by Crippen LogP contribution is 2.32. The Morgan fingerprint density at radius 1 is 1.35 bits per heavy atom. The van der Waals surface area contributed by atoms with Gasteiger partial charge in [-0.1, -0.05) is 12.1 Å². The van der Waals surface area contributed by atoms with Gasteiger partial charge >= 0.3 is 0 Å². The molecule has 0 bridgehead atoms. The molecule has 2 aliphatic rings. The minimum atomic E-state index is 0. The fourth-order valence-electron chi connectivity index (χ4n) is 2.08. The van der Waals surface area contributed by atoms with Gasteiger partial charge in [0.25, 0.3) is 0 Å². The third-order valence-electron chi connectivity index (χ3n) is 3.13. The molecule has 1 aromatic carbocycles. The van der Waals surface area contributed by atoms with Crippen LogP contribution >= 0.6 is 12.4 Å². The molecule has 0 atom stereocenters. The minimum Gasteiger partial charge on any atom is -0.490 e. The van der Waals surface area contributed by atoms with Crippen LogP contribution in [0.25, 0.3) is 0 Å². The summed E-state index contributed by atoms with van der Waals surface area (Å²) in [6, 6.07) is 7.72. The summed E-state index contributed by atoms with van der Waals surface area (Å²) < 4.78 is 5.53. The summed E-state index contributed by atoms with van der Waals surface area (Å²) in [4.78, 5) is 14.0. The monoisotopic (exact) mass is 254 g/mol. The second kappa shape index (κ2) is 4.94. The van der Waals surface area contributed by atoms with Gasteiger partial charge in [-0.05, 0) is 12.1 Å². The highest BCUT2D eigenvalue weighted by Gasteiger charge is 2.32. The Kier molecular flexibility index (Phi) is 3.54. The molecule has 0 saturated carbocycles. The molecular formula is C12H15ClN2O2. The fraction of sp³-hybridized carbons (Fsp3) is 0.417. The predicted molar refractivity (Wildman–Crippen MR) is 67.9 cm³/mol. The number of benzene rings is 1. The van der Waals surface area contributed by atoms with Crippen LogP contribution in [0.15, 0.2) is 24.3 Å². The summed E-state index contributed by atoms with van der Waals surface area (Å²) in [6.45, 7) is 2.85. The first-order chi connectivity index (χ1) is 7.86. The number of hydrogen-bond donors (Lipinski definition) is 1. The molecule has 4 nitrogen and oxygen atoms in total. The van der Waals surface area contributed by atoms with E-state index in [-0.39, 0.29) is 24.2 Å². The van der Waals surface area contributed by atoms with Crippen LogP contribution in [0.5, 0.6) is 5.75 Å². The van der Waals surface area contributed by atoms with Gasteiger partial charge in [0, 0.05) is 13.1 Å². The molecule has 2 aliphatic heterocycles. The summed E-state index contributed by atoms with van der Waals surface area (Å²) >= 11 is 0. The Morgan fingerprint density at radius 2 is 2.12 bits per heavy atom. The number of halogens is 1. The second-order valence-corrected chi connectivity index (χ2v) is 4.16.